The van der Waals surface area contributed by atoms with Crippen LogP contribution in [0.3, 0.4) is 0 Å². The lowest BCUT2D eigenvalue weighted by molar-refractivity contribution is 0.0358. The van der Waals surface area contributed by atoms with Crippen LogP contribution in [0.2, 0.25) is 0 Å². The third-order valence-electron chi connectivity index (χ3n) is 3.28. The minimum absolute atomic E-state index is 0.286. The summed E-state index contributed by atoms with van der Waals surface area (Å²) in [6.07, 6.45) is 0. The summed E-state index contributed by atoms with van der Waals surface area (Å²) in [5.41, 5.74) is 3.10. The van der Waals surface area contributed by atoms with Crippen molar-refractivity contribution in [2.75, 3.05) is 0 Å². The van der Waals surface area contributed by atoms with E-state index in [9.17, 15) is 9.59 Å². The summed E-state index contributed by atoms with van der Waals surface area (Å²) < 4.78 is 1.52. The molecule has 24 heavy (non-hydrogen) atoms. The average molecular weight is 454 g/mol. The molecule has 0 atom stereocenters. The molecule has 0 saturated heterocycles. The molecule has 0 aliphatic carbocycles. The number of rotatable bonds is 2. The van der Waals surface area contributed by atoms with Crippen molar-refractivity contribution in [2.45, 2.75) is 26.3 Å². The molecule has 4 nitrogen and oxygen atoms in total. The molecule has 2 amide bonds. The van der Waals surface area contributed by atoms with Gasteiger partial charge >= 0.3 is 0 Å². The molecule has 0 radical (unpaired) electrons. The summed E-state index contributed by atoms with van der Waals surface area (Å²) in [6.45, 7) is 5.59. The Morgan fingerprint density at radius 1 is 1.00 bits per heavy atom. The van der Waals surface area contributed by atoms with Gasteiger partial charge in [0.25, 0.3) is 11.8 Å². The highest BCUT2D eigenvalue weighted by Crippen LogP contribution is 2.25. The van der Waals surface area contributed by atoms with E-state index in [4.69, 9.17) is 0 Å². The summed E-state index contributed by atoms with van der Waals surface area (Å²) in [4.78, 5) is 25.4. The monoisotopic (exact) mass is 452 g/mol. The standard InChI is InChI=1S/C18H18Br2N2O2/c1-18(2,3)22(21-16(23)12-7-5-4-6-8-12)17(24)14-10-9-13(19)11-15(14)20/h4-11H,1-3H3,(H,21,23). The van der Waals surface area contributed by atoms with E-state index in [1.165, 1.54) is 5.01 Å². The number of hydrogen-bond acceptors (Lipinski definition) is 2. The number of amides is 2. The van der Waals surface area contributed by atoms with E-state index >= 15 is 0 Å². The highest BCUT2D eigenvalue weighted by molar-refractivity contribution is 9.11. The fourth-order valence-electron chi connectivity index (χ4n) is 2.06. The number of nitrogens with one attached hydrogen (secondary N) is 1. The first-order valence-corrected chi connectivity index (χ1v) is 8.94. The minimum Gasteiger partial charge on any atom is -0.267 e. The van der Waals surface area contributed by atoms with E-state index in [2.05, 4.69) is 37.3 Å². The van der Waals surface area contributed by atoms with Crippen LogP contribution in [-0.4, -0.2) is 22.4 Å². The first kappa shape index (κ1) is 18.7. The van der Waals surface area contributed by atoms with Gasteiger partial charge in [-0.15, -0.1) is 0 Å². The van der Waals surface area contributed by atoms with Gasteiger partial charge < -0.3 is 0 Å². The van der Waals surface area contributed by atoms with E-state index in [1.807, 2.05) is 26.8 Å². The maximum atomic E-state index is 13.0. The van der Waals surface area contributed by atoms with Crippen LogP contribution < -0.4 is 5.43 Å². The molecule has 6 heteroatoms. The van der Waals surface area contributed by atoms with E-state index in [0.29, 0.717) is 15.6 Å². The zero-order valence-corrected chi connectivity index (χ0v) is 16.8. The maximum Gasteiger partial charge on any atom is 0.273 e. The SMILES string of the molecule is CC(C)(C)N(NC(=O)c1ccccc1)C(=O)c1ccc(Br)cc1Br. The quantitative estimate of drug-likeness (QED) is 0.664. The average Bonchev–Trinajstić information content (AvgIpc) is 2.51. The van der Waals surface area contributed by atoms with Crippen LogP contribution in [0.25, 0.3) is 0 Å². The predicted octanol–water partition coefficient (Wildman–Crippen LogP) is 4.80. The molecule has 2 aromatic rings. The fraction of sp³-hybridized carbons (Fsp3) is 0.222. The van der Waals surface area contributed by atoms with E-state index in [0.717, 1.165) is 4.47 Å². The Morgan fingerprint density at radius 3 is 2.17 bits per heavy atom. The minimum atomic E-state index is -0.589. The summed E-state index contributed by atoms with van der Waals surface area (Å²) in [5.74, 6) is -0.613. The van der Waals surface area contributed by atoms with E-state index < -0.39 is 5.54 Å². The largest absolute Gasteiger partial charge is 0.273 e. The van der Waals surface area contributed by atoms with Crippen LogP contribution in [0, 0.1) is 0 Å². The zero-order chi connectivity index (χ0) is 17.9. The second-order valence-corrected chi connectivity index (χ2v) is 8.01. The Bertz CT molecular complexity index is 755. The van der Waals surface area contributed by atoms with Gasteiger partial charge in [-0.3, -0.25) is 15.0 Å². The molecule has 2 rings (SSSR count). The van der Waals surface area contributed by atoms with Crippen molar-refractivity contribution in [1.82, 2.24) is 10.4 Å². The van der Waals surface area contributed by atoms with Crippen molar-refractivity contribution in [1.29, 1.82) is 0 Å². The van der Waals surface area contributed by atoms with E-state index in [1.54, 1.807) is 42.5 Å². The number of hydrazine groups is 1. The van der Waals surface area contributed by atoms with Gasteiger partial charge in [-0.05, 0) is 67.0 Å². The highest BCUT2D eigenvalue weighted by Gasteiger charge is 2.30. The van der Waals surface area contributed by atoms with Crippen LogP contribution >= 0.6 is 31.9 Å². The van der Waals surface area contributed by atoms with Gasteiger partial charge in [-0.2, -0.15) is 0 Å². The first-order chi connectivity index (χ1) is 11.2. The molecule has 0 saturated carbocycles. The molecule has 1 N–H and O–H groups in total. The lowest BCUT2D eigenvalue weighted by atomic mass is 10.1. The number of carbonyl (C=O) groups excluding carboxylic acids is 2. The van der Waals surface area contributed by atoms with Crippen molar-refractivity contribution in [3.63, 3.8) is 0 Å². The lowest BCUT2D eigenvalue weighted by Gasteiger charge is -2.35. The molecule has 2 aromatic carbocycles. The number of halogens is 2. The second kappa shape index (κ2) is 7.49. The number of nitrogens with zero attached hydrogens (tertiary/aromatic N) is 1. The van der Waals surface area contributed by atoms with Crippen molar-refractivity contribution < 1.29 is 9.59 Å². The third kappa shape index (κ3) is 4.45. The zero-order valence-electron chi connectivity index (χ0n) is 13.6. The van der Waals surface area contributed by atoms with Gasteiger partial charge in [-0.25, -0.2) is 5.01 Å². The Hall–Kier alpha value is -1.66. The van der Waals surface area contributed by atoms with Crippen molar-refractivity contribution >= 4 is 43.7 Å². The number of carbonyl (C=O) groups is 2. The summed E-state index contributed by atoms with van der Waals surface area (Å²) in [5, 5.41) is 1.36. The molecule has 0 heterocycles. The molecule has 0 aromatic heterocycles. The lowest BCUT2D eigenvalue weighted by Crippen LogP contribution is -2.56. The van der Waals surface area contributed by atoms with Gasteiger partial charge in [-0.1, -0.05) is 34.1 Å². The molecule has 0 bridgehead atoms. The summed E-state index contributed by atoms with van der Waals surface area (Å²) in [7, 11) is 0. The Morgan fingerprint density at radius 2 is 1.62 bits per heavy atom. The van der Waals surface area contributed by atoms with Crippen molar-refractivity contribution in [2.24, 2.45) is 0 Å². The first-order valence-electron chi connectivity index (χ1n) is 7.36. The smallest absolute Gasteiger partial charge is 0.267 e. The highest BCUT2D eigenvalue weighted by atomic mass is 79.9. The Balaban J connectivity index is 2.32. The van der Waals surface area contributed by atoms with Crippen molar-refractivity contribution in [3.8, 4) is 0 Å². The second-order valence-electron chi connectivity index (χ2n) is 6.24. The van der Waals surface area contributed by atoms with Gasteiger partial charge in [0.2, 0.25) is 0 Å². The third-order valence-corrected chi connectivity index (χ3v) is 4.43. The molecule has 0 fully saturated rings. The number of hydrogen-bond donors (Lipinski definition) is 1. The van der Waals surface area contributed by atoms with Gasteiger partial charge in [0.1, 0.15) is 0 Å². The van der Waals surface area contributed by atoms with Crippen molar-refractivity contribution in [3.05, 3.63) is 68.6 Å². The fourth-order valence-corrected chi connectivity index (χ4v) is 3.28. The van der Waals surface area contributed by atoms with Gasteiger partial charge in [0.05, 0.1) is 11.1 Å². The molecular weight excluding hydrogens is 436 g/mol. The molecular formula is C18H18Br2N2O2. The molecule has 0 spiro atoms. The van der Waals surface area contributed by atoms with Crippen LogP contribution in [0.5, 0.6) is 0 Å². The normalized spacial score (nSPS) is 11.0. The molecule has 0 aliphatic heterocycles. The Kier molecular flexibility index (Phi) is 5.83. The van der Waals surface area contributed by atoms with Crippen LogP contribution in [-0.2, 0) is 0 Å². The molecule has 0 unspecified atom stereocenters. The summed E-state index contributed by atoms with van der Waals surface area (Å²) in [6, 6.07) is 14.1. The van der Waals surface area contributed by atoms with Crippen LogP contribution in [0.1, 0.15) is 41.5 Å². The van der Waals surface area contributed by atoms with Crippen LogP contribution in [0.4, 0.5) is 0 Å². The van der Waals surface area contributed by atoms with E-state index in [-0.39, 0.29) is 11.8 Å². The van der Waals surface area contributed by atoms with Crippen LogP contribution in [0.15, 0.2) is 57.5 Å². The molecule has 0 aliphatic rings. The number of benzene rings is 2. The Labute approximate surface area is 158 Å². The summed E-state index contributed by atoms with van der Waals surface area (Å²) >= 11 is 6.77. The maximum absolute atomic E-state index is 13.0. The predicted molar refractivity (Wildman–Crippen MR) is 102 cm³/mol. The van der Waals surface area contributed by atoms with Gasteiger partial charge in [0.15, 0.2) is 0 Å². The van der Waals surface area contributed by atoms with Gasteiger partial charge in [0, 0.05) is 14.5 Å². The molecule has 126 valence electrons. The topological polar surface area (TPSA) is 49.4 Å².